The number of alkyl halides is 2. The summed E-state index contributed by atoms with van der Waals surface area (Å²) in [7, 11) is 0. The number of nitrogens with zero attached hydrogens (tertiary/aromatic N) is 2. The van der Waals surface area contributed by atoms with Gasteiger partial charge in [0.25, 0.3) is 11.8 Å². The highest BCUT2D eigenvalue weighted by Crippen LogP contribution is 2.22. The number of aromatic nitrogens is 2. The second kappa shape index (κ2) is 2.96. The molecule has 0 aliphatic carbocycles. The molecule has 0 aliphatic heterocycles. The molecule has 0 saturated heterocycles. The number of rotatable bonds is 2. The van der Waals surface area contributed by atoms with Crippen LogP contribution in [-0.2, 0) is 0 Å². The summed E-state index contributed by atoms with van der Waals surface area (Å²) in [4.78, 5) is 0. The first-order valence-electron chi connectivity index (χ1n) is 3.41. The molecule has 0 spiro atoms. The van der Waals surface area contributed by atoms with Crippen LogP contribution in [-0.4, -0.2) is 10.2 Å². The van der Waals surface area contributed by atoms with Crippen LogP contribution in [0, 0.1) is 0 Å². The minimum absolute atomic E-state index is 0.0315. The van der Waals surface area contributed by atoms with E-state index in [9.17, 15) is 8.78 Å². The summed E-state index contributed by atoms with van der Waals surface area (Å²) in [5.74, 6) is -0.653. The SMILES string of the molecule is FC(F)c1nnc(-c2ccoc2)o1. The predicted octanol–water partition coefficient (Wildman–Crippen LogP) is 2.27. The van der Waals surface area contributed by atoms with Crippen LogP contribution in [0.4, 0.5) is 8.78 Å². The van der Waals surface area contributed by atoms with Gasteiger partial charge in [-0.15, -0.1) is 10.2 Å². The molecule has 0 unspecified atom stereocenters. The topological polar surface area (TPSA) is 52.1 Å². The van der Waals surface area contributed by atoms with Crippen LogP contribution in [0.3, 0.4) is 0 Å². The lowest BCUT2D eigenvalue weighted by Gasteiger charge is -1.87. The molecule has 0 radical (unpaired) electrons. The van der Waals surface area contributed by atoms with E-state index in [1.54, 1.807) is 6.07 Å². The molecule has 4 nitrogen and oxygen atoms in total. The van der Waals surface area contributed by atoms with Crippen LogP contribution in [0.1, 0.15) is 12.3 Å². The summed E-state index contributed by atoms with van der Waals surface area (Å²) >= 11 is 0. The Labute approximate surface area is 71.2 Å². The van der Waals surface area contributed by atoms with Gasteiger partial charge >= 0.3 is 6.43 Å². The van der Waals surface area contributed by atoms with Gasteiger partial charge < -0.3 is 8.83 Å². The summed E-state index contributed by atoms with van der Waals surface area (Å²) < 4.78 is 33.4. The molecule has 2 heterocycles. The Morgan fingerprint density at radius 1 is 1.31 bits per heavy atom. The normalized spacial score (nSPS) is 11.0. The fourth-order valence-electron chi connectivity index (χ4n) is 0.826. The number of halogens is 2. The summed E-state index contributed by atoms with van der Waals surface area (Å²) in [5, 5.41) is 6.59. The van der Waals surface area contributed by atoms with Crippen molar-refractivity contribution in [1.29, 1.82) is 0 Å². The van der Waals surface area contributed by atoms with E-state index in [1.165, 1.54) is 12.5 Å². The van der Waals surface area contributed by atoms with Gasteiger partial charge in [-0.05, 0) is 6.07 Å². The Balaban J connectivity index is 2.33. The van der Waals surface area contributed by atoms with E-state index in [1.807, 2.05) is 0 Å². The quantitative estimate of drug-likeness (QED) is 0.721. The lowest BCUT2D eigenvalue weighted by molar-refractivity contribution is 0.116. The molecule has 0 aromatic carbocycles. The van der Waals surface area contributed by atoms with Gasteiger partial charge in [0.15, 0.2) is 0 Å². The highest BCUT2D eigenvalue weighted by Gasteiger charge is 2.17. The van der Waals surface area contributed by atoms with Gasteiger partial charge in [-0.1, -0.05) is 0 Å². The van der Waals surface area contributed by atoms with E-state index < -0.39 is 12.3 Å². The van der Waals surface area contributed by atoms with Crippen LogP contribution in [0.5, 0.6) is 0 Å². The molecule has 6 heteroatoms. The molecule has 0 aliphatic rings. The Bertz CT molecular complexity index is 383. The summed E-state index contributed by atoms with van der Waals surface area (Å²) in [6.07, 6.45) is -0.0159. The molecule has 0 saturated carbocycles. The van der Waals surface area contributed by atoms with Crippen molar-refractivity contribution in [2.45, 2.75) is 6.43 Å². The molecule has 68 valence electrons. The van der Waals surface area contributed by atoms with E-state index >= 15 is 0 Å². The molecule has 2 aromatic rings. The molecule has 0 N–H and O–H groups in total. The lowest BCUT2D eigenvalue weighted by Crippen LogP contribution is -1.81. The molecular formula is C7H4F2N2O2. The smallest absolute Gasteiger partial charge is 0.314 e. The zero-order chi connectivity index (χ0) is 9.26. The second-order valence-electron chi connectivity index (χ2n) is 2.26. The Kier molecular flexibility index (Phi) is 1.80. The largest absolute Gasteiger partial charge is 0.472 e. The molecule has 0 atom stereocenters. The average molecular weight is 186 g/mol. The van der Waals surface area contributed by atoms with Crippen LogP contribution >= 0.6 is 0 Å². The van der Waals surface area contributed by atoms with Crippen LogP contribution in [0.25, 0.3) is 11.5 Å². The van der Waals surface area contributed by atoms with Crippen molar-refractivity contribution < 1.29 is 17.6 Å². The monoisotopic (exact) mass is 186 g/mol. The number of hydrogen-bond donors (Lipinski definition) is 0. The minimum Gasteiger partial charge on any atom is -0.472 e. The van der Waals surface area contributed by atoms with E-state index in [2.05, 4.69) is 14.6 Å². The lowest BCUT2D eigenvalue weighted by atomic mass is 10.3. The first-order valence-corrected chi connectivity index (χ1v) is 3.41. The van der Waals surface area contributed by atoms with Crippen LogP contribution in [0.2, 0.25) is 0 Å². The van der Waals surface area contributed by atoms with E-state index in [0.29, 0.717) is 5.56 Å². The Morgan fingerprint density at radius 2 is 2.15 bits per heavy atom. The minimum atomic E-state index is -2.74. The third-order valence-electron chi connectivity index (χ3n) is 1.40. The Morgan fingerprint density at radius 3 is 2.69 bits per heavy atom. The van der Waals surface area contributed by atoms with Crippen molar-refractivity contribution >= 4 is 0 Å². The summed E-state index contributed by atoms with van der Waals surface area (Å²) in [6, 6.07) is 1.54. The number of hydrogen-bond acceptors (Lipinski definition) is 4. The van der Waals surface area contributed by atoms with E-state index in [0.717, 1.165) is 0 Å². The molecule has 2 aromatic heterocycles. The Hall–Kier alpha value is -1.72. The van der Waals surface area contributed by atoms with Crippen LogP contribution < -0.4 is 0 Å². The van der Waals surface area contributed by atoms with E-state index in [4.69, 9.17) is 4.42 Å². The van der Waals surface area contributed by atoms with Crippen molar-refractivity contribution in [3.05, 3.63) is 24.5 Å². The highest BCUT2D eigenvalue weighted by atomic mass is 19.3. The molecule has 2 rings (SSSR count). The van der Waals surface area contributed by atoms with E-state index in [-0.39, 0.29) is 5.89 Å². The van der Waals surface area contributed by atoms with Crippen molar-refractivity contribution in [3.8, 4) is 11.5 Å². The second-order valence-corrected chi connectivity index (χ2v) is 2.26. The summed E-state index contributed by atoms with van der Waals surface area (Å²) in [6.45, 7) is 0. The van der Waals surface area contributed by atoms with Gasteiger partial charge in [-0.3, -0.25) is 0 Å². The van der Waals surface area contributed by atoms with Gasteiger partial charge in [-0.25, -0.2) is 0 Å². The molecule has 13 heavy (non-hydrogen) atoms. The fraction of sp³-hybridized carbons (Fsp3) is 0.143. The standard InChI is InChI=1S/C7H4F2N2O2/c8-5(9)7-11-10-6(13-7)4-1-2-12-3-4/h1-3,5H. The third kappa shape index (κ3) is 1.42. The van der Waals surface area contributed by atoms with Crippen molar-refractivity contribution in [1.82, 2.24) is 10.2 Å². The maximum absolute atomic E-state index is 12.0. The average Bonchev–Trinajstić information content (AvgIpc) is 2.75. The van der Waals surface area contributed by atoms with Gasteiger partial charge in [0, 0.05) is 0 Å². The van der Waals surface area contributed by atoms with Crippen molar-refractivity contribution in [2.75, 3.05) is 0 Å². The molecule has 0 fully saturated rings. The van der Waals surface area contributed by atoms with Gasteiger partial charge in [-0.2, -0.15) is 8.78 Å². The first kappa shape index (κ1) is 7.90. The fourth-order valence-corrected chi connectivity index (χ4v) is 0.826. The number of furan rings is 1. The van der Waals surface area contributed by atoms with Gasteiger partial charge in [0.05, 0.1) is 11.8 Å². The summed E-state index contributed by atoms with van der Waals surface area (Å²) in [5.41, 5.74) is 0.486. The van der Waals surface area contributed by atoms with Crippen molar-refractivity contribution in [2.24, 2.45) is 0 Å². The first-order chi connectivity index (χ1) is 6.27. The third-order valence-corrected chi connectivity index (χ3v) is 1.40. The zero-order valence-corrected chi connectivity index (χ0v) is 6.28. The molecule has 0 bridgehead atoms. The molecule has 0 amide bonds. The maximum atomic E-state index is 12.0. The molecular weight excluding hydrogens is 182 g/mol. The maximum Gasteiger partial charge on any atom is 0.314 e. The van der Waals surface area contributed by atoms with Gasteiger partial charge in [0.1, 0.15) is 6.26 Å². The predicted molar refractivity (Wildman–Crippen MR) is 37.0 cm³/mol. The van der Waals surface area contributed by atoms with Gasteiger partial charge in [0.2, 0.25) is 0 Å². The zero-order valence-electron chi connectivity index (χ0n) is 6.28. The highest BCUT2D eigenvalue weighted by molar-refractivity contribution is 5.49. The van der Waals surface area contributed by atoms with Crippen molar-refractivity contribution in [3.63, 3.8) is 0 Å². The van der Waals surface area contributed by atoms with Crippen LogP contribution in [0.15, 0.2) is 27.4 Å².